The first kappa shape index (κ1) is 11.2. The zero-order valence-electron chi connectivity index (χ0n) is 7.93. The first-order valence-corrected chi connectivity index (χ1v) is 5.93. The predicted octanol–water partition coefficient (Wildman–Crippen LogP) is 4.16. The highest BCUT2D eigenvalue weighted by Gasteiger charge is 2.65. The summed E-state index contributed by atoms with van der Waals surface area (Å²) in [5.74, 6) is 6.20. The molecule has 2 saturated carbocycles. The maximum Gasteiger partial charge on any atom is 0.136 e. The summed E-state index contributed by atoms with van der Waals surface area (Å²) in [5.41, 5.74) is -0.572. The molecule has 0 aromatic carbocycles. The summed E-state index contributed by atoms with van der Waals surface area (Å²) in [6.45, 7) is 3.91. The van der Waals surface area contributed by atoms with Crippen molar-refractivity contribution in [3.05, 3.63) is 0 Å². The molecule has 2 unspecified atom stereocenters. The lowest BCUT2D eigenvalue weighted by molar-refractivity contribution is 0.734. The SMILES string of the molecule is CC1(C#CC2(C)CC2(Cl)Cl)CC1(Cl)Cl. The highest BCUT2D eigenvalue weighted by molar-refractivity contribution is 6.52. The molecular weight excluding hydrogens is 262 g/mol. The van der Waals surface area contributed by atoms with Crippen LogP contribution in [0.1, 0.15) is 26.7 Å². The Balaban J connectivity index is 2.11. The Morgan fingerprint density at radius 1 is 0.786 bits per heavy atom. The quantitative estimate of drug-likeness (QED) is 0.459. The molecule has 2 fully saturated rings. The second-order valence-electron chi connectivity index (χ2n) is 4.68. The number of hydrogen-bond donors (Lipinski definition) is 0. The molecule has 0 amide bonds. The zero-order valence-corrected chi connectivity index (χ0v) is 10.9. The predicted molar refractivity (Wildman–Crippen MR) is 62.1 cm³/mol. The average molecular weight is 272 g/mol. The van der Waals surface area contributed by atoms with E-state index in [-0.39, 0.29) is 10.8 Å². The first-order chi connectivity index (χ1) is 6.12. The van der Waals surface area contributed by atoms with Gasteiger partial charge in [0.05, 0.1) is 10.8 Å². The van der Waals surface area contributed by atoms with Crippen molar-refractivity contribution in [1.82, 2.24) is 0 Å². The van der Waals surface area contributed by atoms with E-state index in [4.69, 9.17) is 46.4 Å². The van der Waals surface area contributed by atoms with Crippen LogP contribution in [-0.2, 0) is 0 Å². The van der Waals surface area contributed by atoms with E-state index in [1.165, 1.54) is 0 Å². The van der Waals surface area contributed by atoms with Crippen LogP contribution in [0.2, 0.25) is 0 Å². The minimum Gasteiger partial charge on any atom is -0.0999 e. The van der Waals surface area contributed by atoms with E-state index in [0.717, 1.165) is 0 Å². The smallest absolute Gasteiger partial charge is 0.0999 e. The molecule has 14 heavy (non-hydrogen) atoms. The van der Waals surface area contributed by atoms with Crippen LogP contribution in [0.25, 0.3) is 0 Å². The fraction of sp³-hybridized carbons (Fsp3) is 0.800. The van der Waals surface area contributed by atoms with Crippen LogP contribution in [0.3, 0.4) is 0 Å². The van der Waals surface area contributed by atoms with Gasteiger partial charge in [-0.25, -0.2) is 0 Å². The average Bonchev–Trinajstić information content (AvgIpc) is 2.66. The molecular formula is C10H10Cl4. The summed E-state index contributed by atoms with van der Waals surface area (Å²) >= 11 is 23.9. The van der Waals surface area contributed by atoms with E-state index in [0.29, 0.717) is 12.8 Å². The van der Waals surface area contributed by atoms with Crippen LogP contribution in [0.5, 0.6) is 0 Å². The lowest BCUT2D eigenvalue weighted by Crippen LogP contribution is -2.04. The van der Waals surface area contributed by atoms with Crippen LogP contribution in [0, 0.1) is 22.7 Å². The van der Waals surface area contributed by atoms with Gasteiger partial charge in [-0.3, -0.25) is 0 Å². The van der Waals surface area contributed by atoms with Gasteiger partial charge in [0.15, 0.2) is 0 Å². The fourth-order valence-electron chi connectivity index (χ4n) is 1.35. The van der Waals surface area contributed by atoms with Gasteiger partial charge in [0.2, 0.25) is 0 Å². The standard InChI is InChI=1S/C10H10Cl4/c1-7(5-9(7,11)12)3-4-8(2)6-10(8,13)14/h5-6H2,1-2H3. The van der Waals surface area contributed by atoms with Crippen molar-refractivity contribution in [2.24, 2.45) is 10.8 Å². The molecule has 0 nitrogen and oxygen atoms in total. The number of alkyl halides is 4. The van der Waals surface area contributed by atoms with Gasteiger partial charge in [-0.15, -0.1) is 0 Å². The van der Waals surface area contributed by atoms with Crippen LogP contribution in [0.4, 0.5) is 0 Å². The van der Waals surface area contributed by atoms with E-state index >= 15 is 0 Å². The highest BCUT2D eigenvalue weighted by Crippen LogP contribution is 2.66. The van der Waals surface area contributed by atoms with Crippen LogP contribution in [0.15, 0.2) is 0 Å². The molecule has 2 atom stereocenters. The van der Waals surface area contributed by atoms with Gasteiger partial charge in [0.25, 0.3) is 0 Å². The molecule has 0 aromatic heterocycles. The van der Waals surface area contributed by atoms with E-state index in [1.54, 1.807) is 0 Å². The maximum absolute atomic E-state index is 5.97. The zero-order chi connectivity index (χ0) is 10.8. The lowest BCUT2D eigenvalue weighted by atomic mass is 10.1. The number of rotatable bonds is 0. The summed E-state index contributed by atoms with van der Waals surface area (Å²) in [4.78, 5) is 0. The Morgan fingerprint density at radius 2 is 1.00 bits per heavy atom. The van der Waals surface area contributed by atoms with Gasteiger partial charge < -0.3 is 0 Å². The molecule has 0 bridgehead atoms. The summed E-state index contributed by atoms with van der Waals surface area (Å²) in [5, 5.41) is 0. The topological polar surface area (TPSA) is 0 Å². The van der Waals surface area contributed by atoms with E-state index in [9.17, 15) is 0 Å². The molecule has 0 N–H and O–H groups in total. The molecule has 0 radical (unpaired) electrons. The molecule has 0 aliphatic heterocycles. The molecule has 0 heterocycles. The van der Waals surface area contributed by atoms with Crippen molar-refractivity contribution in [2.45, 2.75) is 35.4 Å². The van der Waals surface area contributed by atoms with Crippen molar-refractivity contribution >= 4 is 46.4 Å². The minimum absolute atomic E-state index is 0.286. The van der Waals surface area contributed by atoms with Gasteiger partial charge >= 0.3 is 0 Å². The van der Waals surface area contributed by atoms with E-state index < -0.39 is 8.67 Å². The second-order valence-corrected chi connectivity index (χ2v) is 7.64. The first-order valence-electron chi connectivity index (χ1n) is 4.42. The molecule has 4 heteroatoms. The molecule has 0 saturated heterocycles. The Labute approximate surface area is 104 Å². The highest BCUT2D eigenvalue weighted by atomic mass is 35.5. The molecule has 0 aromatic rings. The third kappa shape index (κ3) is 1.54. The third-order valence-corrected chi connectivity index (χ3v) is 5.33. The van der Waals surface area contributed by atoms with Gasteiger partial charge in [-0.1, -0.05) is 58.2 Å². The normalized spacial score (nSPS) is 46.4. The van der Waals surface area contributed by atoms with Gasteiger partial charge in [-0.05, 0) is 13.8 Å². The van der Waals surface area contributed by atoms with Crippen LogP contribution >= 0.6 is 46.4 Å². The Hall–Kier alpha value is 0.720. The summed E-state index contributed by atoms with van der Waals surface area (Å²) in [6, 6.07) is 0. The summed E-state index contributed by atoms with van der Waals surface area (Å²) in [7, 11) is 0. The summed E-state index contributed by atoms with van der Waals surface area (Å²) in [6.07, 6.45) is 1.42. The minimum atomic E-state index is -0.688. The third-order valence-electron chi connectivity index (χ3n) is 3.13. The maximum atomic E-state index is 5.97. The van der Waals surface area contributed by atoms with Gasteiger partial charge in [0.1, 0.15) is 8.67 Å². The van der Waals surface area contributed by atoms with Crippen molar-refractivity contribution in [1.29, 1.82) is 0 Å². The van der Waals surface area contributed by atoms with Crippen LogP contribution < -0.4 is 0 Å². The lowest BCUT2D eigenvalue weighted by Gasteiger charge is -2.04. The van der Waals surface area contributed by atoms with Crippen molar-refractivity contribution in [3.8, 4) is 11.8 Å². The molecule has 0 spiro atoms. The molecule has 2 rings (SSSR count). The second kappa shape index (κ2) is 2.69. The van der Waals surface area contributed by atoms with Crippen LogP contribution in [-0.4, -0.2) is 8.67 Å². The number of halogens is 4. The van der Waals surface area contributed by atoms with Crippen molar-refractivity contribution in [3.63, 3.8) is 0 Å². The van der Waals surface area contributed by atoms with Gasteiger partial charge in [0, 0.05) is 12.8 Å². The van der Waals surface area contributed by atoms with Crippen molar-refractivity contribution < 1.29 is 0 Å². The molecule has 2 aliphatic carbocycles. The van der Waals surface area contributed by atoms with Crippen molar-refractivity contribution in [2.75, 3.05) is 0 Å². The Morgan fingerprint density at radius 3 is 1.14 bits per heavy atom. The molecule has 78 valence electrons. The number of hydrogen-bond acceptors (Lipinski definition) is 0. The molecule has 2 aliphatic rings. The fourth-order valence-corrected chi connectivity index (χ4v) is 2.60. The Bertz CT molecular complexity index is 317. The Kier molecular flexibility index (Phi) is 2.16. The monoisotopic (exact) mass is 270 g/mol. The van der Waals surface area contributed by atoms with E-state index in [1.807, 2.05) is 13.8 Å². The van der Waals surface area contributed by atoms with Gasteiger partial charge in [-0.2, -0.15) is 0 Å². The summed E-state index contributed by atoms with van der Waals surface area (Å²) < 4.78 is -1.38. The largest absolute Gasteiger partial charge is 0.136 e. The van der Waals surface area contributed by atoms with E-state index in [2.05, 4.69) is 11.8 Å².